The molecule has 0 radical (unpaired) electrons. The number of hydrogen-bond acceptors (Lipinski definition) is 10. The van der Waals surface area contributed by atoms with Crippen LogP contribution in [0, 0.1) is 25.7 Å². The molecule has 8 heterocycles. The van der Waals surface area contributed by atoms with E-state index in [2.05, 4.69) is 84.0 Å². The van der Waals surface area contributed by atoms with Gasteiger partial charge in [-0.05, 0) is 105 Å². The number of thiophene rings is 4. The lowest BCUT2D eigenvalue weighted by Gasteiger charge is -2.33. The van der Waals surface area contributed by atoms with Gasteiger partial charge >= 0.3 is 0 Å². The van der Waals surface area contributed by atoms with Crippen LogP contribution in [0.1, 0.15) is 336 Å². The number of aromatic nitrogens is 2. The first-order chi connectivity index (χ1) is 48.0. The standard InChI is InChI=1S/C86H114N4O4S4/c1-7-11-15-19-23-27-29-33-37-41-44-61(43-39-35-31-25-21-17-13-9-3)57-89-83(91)64-51-59(5)75-79-76(64)66(85(89)93)56-88-82(79)78-63(68-49-50-70(96-68)72-54-74-73(98-72)53-71(97-74)69-48-47-60(6)95-69)52-65-77-67(55-87-81(75)80(77)78)86(94)90(84(65)92)58-62(45-40-36-32-26-22-18-14-10-4)46-42-38-34-30-28-24-20-16-12-8-2/h47-56,61-62H,7-46,57-58H2,1-6H3. The van der Waals surface area contributed by atoms with Crippen LogP contribution in [0.25, 0.3) is 82.7 Å². The van der Waals surface area contributed by atoms with E-state index >= 15 is 19.2 Å². The van der Waals surface area contributed by atoms with Crippen LogP contribution in [-0.2, 0) is 0 Å². The Morgan fingerprint density at radius 1 is 0.316 bits per heavy atom. The second kappa shape index (κ2) is 37.0. The summed E-state index contributed by atoms with van der Waals surface area (Å²) in [6.45, 7) is 14.1. The Balaban J connectivity index is 0.932. The molecule has 2 atom stereocenters. The molecule has 3 aromatic carbocycles. The molecule has 2 unspecified atom stereocenters. The van der Waals surface area contributed by atoms with Gasteiger partial charge in [-0.15, -0.1) is 45.3 Å². The highest BCUT2D eigenvalue weighted by molar-refractivity contribution is 7.33. The van der Waals surface area contributed by atoms with Gasteiger partial charge < -0.3 is 0 Å². The number of amides is 4. The van der Waals surface area contributed by atoms with Gasteiger partial charge in [0, 0.05) is 113 Å². The van der Waals surface area contributed by atoms with Crippen molar-refractivity contribution in [1.82, 2.24) is 19.8 Å². The quantitative estimate of drug-likeness (QED) is 0.0163. The molecule has 2 aliphatic heterocycles. The summed E-state index contributed by atoms with van der Waals surface area (Å²) in [5.74, 6) is -0.595. The molecule has 8 nitrogen and oxygen atoms in total. The van der Waals surface area contributed by atoms with Crippen LogP contribution >= 0.6 is 45.3 Å². The predicted octanol–water partition coefficient (Wildman–Crippen LogP) is 27.7. The molecule has 4 amide bonds. The first-order valence-electron chi connectivity index (χ1n) is 39.4. The molecule has 0 saturated heterocycles. The van der Waals surface area contributed by atoms with E-state index in [1.165, 1.54) is 234 Å². The highest BCUT2D eigenvalue weighted by Gasteiger charge is 2.40. The van der Waals surface area contributed by atoms with E-state index in [-0.39, 0.29) is 35.5 Å². The van der Waals surface area contributed by atoms with E-state index in [0.717, 1.165) is 93.8 Å². The lowest BCUT2D eigenvalue weighted by molar-refractivity contribution is 0.0562. The van der Waals surface area contributed by atoms with E-state index in [9.17, 15) is 0 Å². The third-order valence-corrected chi connectivity index (χ3v) is 26.7. The van der Waals surface area contributed by atoms with Gasteiger partial charge in [0.2, 0.25) is 0 Å². The van der Waals surface area contributed by atoms with E-state index in [1.807, 2.05) is 40.1 Å². The van der Waals surface area contributed by atoms with E-state index in [0.29, 0.717) is 57.1 Å². The summed E-state index contributed by atoms with van der Waals surface area (Å²) in [7, 11) is 0. The summed E-state index contributed by atoms with van der Waals surface area (Å²) in [6, 6.07) is 17.6. The molecule has 526 valence electrons. The van der Waals surface area contributed by atoms with Crippen molar-refractivity contribution in [3.63, 3.8) is 0 Å². The van der Waals surface area contributed by atoms with Gasteiger partial charge in [-0.2, -0.15) is 0 Å². The Labute approximate surface area is 603 Å². The molecule has 98 heavy (non-hydrogen) atoms. The molecule has 0 fully saturated rings. The summed E-state index contributed by atoms with van der Waals surface area (Å²) in [6.07, 6.45) is 52.9. The lowest BCUT2D eigenvalue weighted by Crippen LogP contribution is -2.43. The predicted molar refractivity (Wildman–Crippen MR) is 423 cm³/mol. The Hall–Kier alpha value is -5.40. The molecule has 6 aromatic heterocycles. The van der Waals surface area contributed by atoms with Crippen LogP contribution < -0.4 is 0 Å². The van der Waals surface area contributed by atoms with Crippen molar-refractivity contribution in [1.29, 1.82) is 0 Å². The summed E-state index contributed by atoms with van der Waals surface area (Å²) in [5, 5.41) is 4.37. The van der Waals surface area contributed by atoms with Crippen LogP contribution in [0.2, 0.25) is 0 Å². The zero-order chi connectivity index (χ0) is 68.3. The fourth-order valence-electron chi connectivity index (χ4n) is 16.3. The van der Waals surface area contributed by atoms with E-state index in [4.69, 9.17) is 9.97 Å². The van der Waals surface area contributed by atoms with Crippen LogP contribution in [-0.4, -0.2) is 56.5 Å². The Morgan fingerprint density at radius 2 is 0.653 bits per heavy atom. The van der Waals surface area contributed by atoms with E-state index in [1.54, 1.807) is 33.5 Å². The molecule has 0 aliphatic carbocycles. The van der Waals surface area contributed by atoms with E-state index < -0.39 is 0 Å². The van der Waals surface area contributed by atoms with Crippen LogP contribution in [0.3, 0.4) is 0 Å². The Kier molecular flexibility index (Phi) is 27.8. The van der Waals surface area contributed by atoms with Crippen LogP contribution in [0.4, 0.5) is 0 Å². The molecule has 0 bridgehead atoms. The van der Waals surface area contributed by atoms with Gasteiger partial charge in [0.25, 0.3) is 23.6 Å². The van der Waals surface area contributed by atoms with Crippen molar-refractivity contribution < 1.29 is 19.2 Å². The zero-order valence-corrected chi connectivity index (χ0v) is 63.9. The smallest absolute Gasteiger partial charge is 0.262 e. The second-order valence-electron chi connectivity index (χ2n) is 29.7. The van der Waals surface area contributed by atoms with Gasteiger partial charge in [-0.1, -0.05) is 259 Å². The molecule has 0 saturated carbocycles. The van der Waals surface area contributed by atoms with Gasteiger partial charge in [0.1, 0.15) is 0 Å². The topological polar surface area (TPSA) is 101 Å². The zero-order valence-electron chi connectivity index (χ0n) is 60.7. The SMILES string of the molecule is CCCCCCCCCCCCC(CCCCCCCCCC)CN1C(=O)c2cnc3c4c(-c5ccc(-c6cc7sc(-c8ccc(C)s8)cc7s6)s5)cc5c6c(cnc(c7c(C)cc(c2c37)C1=O)c64)C(=O)N(CC(CCCCCCCCCC)CCCCCCCCCCCC)C5=O. The van der Waals surface area contributed by atoms with Gasteiger partial charge in [-0.3, -0.25) is 38.9 Å². The van der Waals surface area contributed by atoms with Crippen molar-refractivity contribution in [3.05, 3.63) is 93.6 Å². The summed E-state index contributed by atoms with van der Waals surface area (Å²) in [5.41, 5.74) is 4.99. The largest absolute Gasteiger partial charge is 0.274 e. The van der Waals surface area contributed by atoms with Crippen molar-refractivity contribution in [2.75, 3.05) is 13.1 Å². The van der Waals surface area contributed by atoms with Gasteiger partial charge in [0.05, 0.1) is 22.2 Å². The number of hydrogen-bond donors (Lipinski definition) is 0. The molecular formula is C86H114N4O4S4. The third kappa shape index (κ3) is 17.7. The van der Waals surface area contributed by atoms with Gasteiger partial charge in [0.15, 0.2) is 0 Å². The fraction of sp³-hybridized carbons (Fsp3) is 0.581. The van der Waals surface area contributed by atoms with Crippen LogP contribution in [0.15, 0.2) is 60.9 Å². The lowest BCUT2D eigenvalue weighted by atomic mass is 9.82. The number of nitrogens with zero attached hydrogens (tertiary/aromatic N) is 4. The van der Waals surface area contributed by atoms with Crippen molar-refractivity contribution in [3.8, 4) is 29.9 Å². The van der Waals surface area contributed by atoms with Crippen molar-refractivity contribution >= 4 is 122 Å². The number of imide groups is 2. The molecule has 2 aliphatic rings. The second-order valence-corrected chi connectivity index (χ2v) is 34.2. The summed E-state index contributed by atoms with van der Waals surface area (Å²) in [4.78, 5) is 83.3. The number of fused-ring (bicyclic) bond motifs is 3. The summed E-state index contributed by atoms with van der Waals surface area (Å²) < 4.78 is 2.54. The molecular weight excluding hydrogens is 1280 g/mol. The molecule has 0 N–H and O–H groups in total. The maximum Gasteiger partial charge on any atom is 0.262 e. The molecule has 12 heteroatoms. The minimum Gasteiger partial charge on any atom is -0.274 e. The highest BCUT2D eigenvalue weighted by Crippen LogP contribution is 2.52. The number of carbonyl (C=O) groups excluding carboxylic acids is 4. The van der Waals surface area contributed by atoms with Crippen LogP contribution in [0.5, 0.6) is 0 Å². The normalized spacial score (nSPS) is 14.1. The van der Waals surface area contributed by atoms with Crippen molar-refractivity contribution in [2.45, 2.75) is 298 Å². The van der Waals surface area contributed by atoms with Crippen molar-refractivity contribution in [2.24, 2.45) is 11.8 Å². The number of carbonyl (C=O) groups is 4. The third-order valence-electron chi connectivity index (χ3n) is 21.9. The van der Waals surface area contributed by atoms with Gasteiger partial charge in [-0.25, -0.2) is 0 Å². The molecule has 11 rings (SSSR count). The number of rotatable bonds is 47. The summed E-state index contributed by atoms with van der Waals surface area (Å²) >= 11 is 7.21. The minimum absolute atomic E-state index is 0.203. The number of benzene rings is 3. The maximum absolute atomic E-state index is 15.8. The average molecular weight is 1400 g/mol. The minimum atomic E-state index is -0.274. The average Bonchev–Trinajstić information content (AvgIpc) is 0.757. The first-order valence-corrected chi connectivity index (χ1v) is 42.7. The number of aryl methyl sites for hydroxylation is 2. The molecule has 0 spiro atoms. The number of pyridine rings is 2. The molecule has 9 aromatic rings. The maximum atomic E-state index is 15.8. The Morgan fingerprint density at radius 3 is 1.05 bits per heavy atom. The highest BCUT2D eigenvalue weighted by atomic mass is 32.1. The Bertz CT molecular complexity index is 4060. The first kappa shape index (κ1) is 73.8. The number of unbranched alkanes of at least 4 members (excludes halogenated alkanes) is 32. The monoisotopic (exact) mass is 1390 g/mol. The fourth-order valence-corrected chi connectivity index (χ4v) is 20.8.